The van der Waals surface area contributed by atoms with Gasteiger partial charge in [-0.05, 0) is 25.7 Å². The van der Waals surface area contributed by atoms with Gasteiger partial charge in [0.15, 0.2) is 0 Å². The Bertz CT molecular complexity index is 169. The van der Waals surface area contributed by atoms with Crippen molar-refractivity contribution >= 4 is 18.4 Å². The Balaban J connectivity index is 0.00000169. The Hall–Kier alpha value is -0.320. The molecule has 14 heavy (non-hydrogen) atoms. The number of hydrogen-bond donors (Lipinski definition) is 1. The zero-order valence-electron chi connectivity index (χ0n) is 8.40. The summed E-state index contributed by atoms with van der Waals surface area (Å²) in [4.78, 5) is 10.7. The molecule has 1 fully saturated rings. The van der Waals surface area contributed by atoms with Crippen LogP contribution in [0.1, 0.15) is 25.7 Å². The summed E-state index contributed by atoms with van der Waals surface area (Å²) in [5.74, 6) is -0.310. The zero-order chi connectivity index (χ0) is 9.68. The molecule has 0 radical (unpaired) electrons. The second-order valence-corrected chi connectivity index (χ2v) is 3.42. The maximum absolute atomic E-state index is 10.7. The van der Waals surface area contributed by atoms with Gasteiger partial charge in [0.05, 0.1) is 13.2 Å². The third kappa shape index (κ3) is 4.79. The van der Waals surface area contributed by atoms with E-state index in [0.717, 1.165) is 25.7 Å². The van der Waals surface area contributed by atoms with Gasteiger partial charge in [-0.25, -0.2) is 4.79 Å². The molecule has 4 nitrogen and oxygen atoms in total. The van der Waals surface area contributed by atoms with Crippen molar-refractivity contribution in [2.45, 2.75) is 37.8 Å². The standard InChI is InChI=1S/C9H17NO3.ClH/c1-12-9(11)6-13-8-4-2-7(10)3-5-8;/h7-8H,2-6,10H2,1H3;1H/t7-,8-;. The van der Waals surface area contributed by atoms with Gasteiger partial charge in [-0.3, -0.25) is 0 Å². The monoisotopic (exact) mass is 223 g/mol. The first-order chi connectivity index (χ1) is 6.22. The molecule has 0 unspecified atom stereocenters. The van der Waals surface area contributed by atoms with Crippen molar-refractivity contribution in [1.29, 1.82) is 0 Å². The van der Waals surface area contributed by atoms with Crippen molar-refractivity contribution in [3.63, 3.8) is 0 Å². The number of nitrogens with two attached hydrogens (primary N) is 1. The lowest BCUT2D eigenvalue weighted by molar-refractivity contribution is -0.148. The molecule has 0 aromatic carbocycles. The molecule has 0 aliphatic heterocycles. The summed E-state index contributed by atoms with van der Waals surface area (Å²) in [6.45, 7) is 0.0659. The molecule has 5 heteroatoms. The SMILES string of the molecule is COC(=O)CO[C@H]1CC[C@H](N)CC1.Cl. The van der Waals surface area contributed by atoms with Crippen molar-refractivity contribution in [2.75, 3.05) is 13.7 Å². The number of esters is 1. The fraction of sp³-hybridized carbons (Fsp3) is 0.889. The molecule has 2 N–H and O–H groups in total. The van der Waals surface area contributed by atoms with E-state index < -0.39 is 0 Å². The quantitative estimate of drug-likeness (QED) is 0.722. The van der Waals surface area contributed by atoms with E-state index in [0.29, 0.717) is 6.04 Å². The van der Waals surface area contributed by atoms with Gasteiger partial charge in [-0.15, -0.1) is 12.4 Å². The molecule has 0 heterocycles. The van der Waals surface area contributed by atoms with Gasteiger partial charge in [0, 0.05) is 6.04 Å². The summed E-state index contributed by atoms with van der Waals surface area (Å²) in [5, 5.41) is 0. The van der Waals surface area contributed by atoms with Crippen molar-refractivity contribution in [2.24, 2.45) is 5.73 Å². The van der Waals surface area contributed by atoms with E-state index >= 15 is 0 Å². The van der Waals surface area contributed by atoms with Gasteiger partial charge in [0.25, 0.3) is 0 Å². The van der Waals surface area contributed by atoms with Crippen LogP contribution in [0.3, 0.4) is 0 Å². The van der Waals surface area contributed by atoms with Crippen LogP contribution in [0.25, 0.3) is 0 Å². The van der Waals surface area contributed by atoms with Crippen LogP contribution in [0, 0.1) is 0 Å². The first-order valence-electron chi connectivity index (χ1n) is 4.66. The molecule has 1 rings (SSSR count). The average Bonchev–Trinajstić information content (AvgIpc) is 2.16. The largest absolute Gasteiger partial charge is 0.467 e. The van der Waals surface area contributed by atoms with Crippen LogP contribution >= 0.6 is 12.4 Å². The van der Waals surface area contributed by atoms with E-state index in [9.17, 15) is 4.79 Å². The van der Waals surface area contributed by atoms with Crippen LogP contribution in [0.2, 0.25) is 0 Å². The van der Waals surface area contributed by atoms with Gasteiger partial charge in [0.1, 0.15) is 6.61 Å². The third-order valence-corrected chi connectivity index (χ3v) is 2.38. The normalized spacial score (nSPS) is 26.4. The number of carbonyl (C=O) groups excluding carboxylic acids is 1. The summed E-state index contributed by atoms with van der Waals surface area (Å²) in [7, 11) is 1.36. The highest BCUT2D eigenvalue weighted by Crippen LogP contribution is 2.19. The number of hydrogen-bond acceptors (Lipinski definition) is 4. The lowest BCUT2D eigenvalue weighted by atomic mass is 9.94. The molecule has 0 aromatic rings. The molecule has 1 saturated carbocycles. The number of carbonyl (C=O) groups is 1. The Kier molecular flexibility index (Phi) is 6.87. The Morgan fingerprint density at radius 2 is 1.93 bits per heavy atom. The second-order valence-electron chi connectivity index (χ2n) is 3.42. The predicted octanol–water partition coefficient (Wildman–Crippen LogP) is 0.868. The Labute approximate surface area is 90.5 Å². The molecular weight excluding hydrogens is 206 g/mol. The van der Waals surface area contributed by atoms with Crippen LogP contribution in [0.5, 0.6) is 0 Å². The Morgan fingerprint density at radius 1 is 1.36 bits per heavy atom. The van der Waals surface area contributed by atoms with Crippen LogP contribution in [0.15, 0.2) is 0 Å². The molecule has 0 atom stereocenters. The Morgan fingerprint density at radius 3 is 2.43 bits per heavy atom. The van der Waals surface area contributed by atoms with Gasteiger partial charge >= 0.3 is 5.97 Å². The van der Waals surface area contributed by atoms with E-state index in [1.807, 2.05) is 0 Å². The lowest BCUT2D eigenvalue weighted by Crippen LogP contribution is -2.31. The molecule has 0 bridgehead atoms. The minimum absolute atomic E-state index is 0. The van der Waals surface area contributed by atoms with Gasteiger partial charge in [0.2, 0.25) is 0 Å². The highest BCUT2D eigenvalue weighted by atomic mass is 35.5. The summed E-state index contributed by atoms with van der Waals surface area (Å²) in [6.07, 6.45) is 4.09. The molecule has 1 aliphatic carbocycles. The maximum Gasteiger partial charge on any atom is 0.331 e. The summed E-state index contributed by atoms with van der Waals surface area (Å²) >= 11 is 0. The van der Waals surface area contributed by atoms with Crippen LogP contribution in [-0.4, -0.2) is 31.8 Å². The topological polar surface area (TPSA) is 61.5 Å². The van der Waals surface area contributed by atoms with Gasteiger partial charge in [-0.1, -0.05) is 0 Å². The summed E-state index contributed by atoms with van der Waals surface area (Å²) in [5.41, 5.74) is 5.73. The molecule has 0 saturated heterocycles. The number of rotatable bonds is 3. The molecule has 1 aliphatic rings. The maximum atomic E-state index is 10.7. The summed E-state index contributed by atoms with van der Waals surface area (Å²) < 4.78 is 9.83. The fourth-order valence-corrected chi connectivity index (χ4v) is 1.50. The smallest absolute Gasteiger partial charge is 0.331 e. The zero-order valence-corrected chi connectivity index (χ0v) is 9.22. The number of halogens is 1. The van der Waals surface area contributed by atoms with Crippen molar-refractivity contribution in [1.82, 2.24) is 0 Å². The molecule has 84 valence electrons. The highest BCUT2D eigenvalue weighted by Gasteiger charge is 2.19. The van der Waals surface area contributed by atoms with Crippen LogP contribution < -0.4 is 5.73 Å². The molecular formula is C9H18ClNO3. The van der Waals surface area contributed by atoms with Gasteiger partial charge < -0.3 is 15.2 Å². The van der Waals surface area contributed by atoms with Gasteiger partial charge in [-0.2, -0.15) is 0 Å². The predicted molar refractivity (Wildman–Crippen MR) is 55.4 cm³/mol. The lowest BCUT2D eigenvalue weighted by Gasteiger charge is -2.25. The van der Waals surface area contributed by atoms with Crippen LogP contribution in [0.4, 0.5) is 0 Å². The first-order valence-corrected chi connectivity index (χ1v) is 4.66. The van der Waals surface area contributed by atoms with E-state index in [2.05, 4.69) is 4.74 Å². The second kappa shape index (κ2) is 7.04. The van der Waals surface area contributed by atoms with E-state index in [4.69, 9.17) is 10.5 Å². The third-order valence-electron chi connectivity index (χ3n) is 2.38. The van der Waals surface area contributed by atoms with E-state index in [-0.39, 0.29) is 31.1 Å². The fourth-order valence-electron chi connectivity index (χ4n) is 1.50. The minimum Gasteiger partial charge on any atom is -0.467 e. The van der Waals surface area contributed by atoms with Crippen LogP contribution in [-0.2, 0) is 14.3 Å². The van der Waals surface area contributed by atoms with Crippen molar-refractivity contribution < 1.29 is 14.3 Å². The van der Waals surface area contributed by atoms with E-state index in [1.165, 1.54) is 7.11 Å². The highest BCUT2D eigenvalue weighted by molar-refractivity contribution is 5.85. The summed E-state index contributed by atoms with van der Waals surface area (Å²) in [6, 6.07) is 0.318. The molecule has 0 aromatic heterocycles. The van der Waals surface area contributed by atoms with Crippen molar-refractivity contribution in [3.05, 3.63) is 0 Å². The number of ether oxygens (including phenoxy) is 2. The minimum atomic E-state index is -0.310. The number of methoxy groups -OCH3 is 1. The molecule has 0 spiro atoms. The first kappa shape index (κ1) is 13.7. The van der Waals surface area contributed by atoms with E-state index in [1.54, 1.807) is 0 Å². The van der Waals surface area contributed by atoms with Crippen molar-refractivity contribution in [3.8, 4) is 0 Å². The molecule has 0 amide bonds. The average molecular weight is 224 g/mol.